The Kier molecular flexibility index (Phi) is 7.15. The van der Waals surface area contributed by atoms with Crippen molar-refractivity contribution in [3.63, 3.8) is 0 Å². The number of benzene rings is 2. The molecule has 35 heavy (non-hydrogen) atoms. The van der Waals surface area contributed by atoms with Gasteiger partial charge in [-0.05, 0) is 46.4 Å². The molecule has 1 saturated heterocycles. The number of alkyl carbamates (subject to hydrolysis) is 1. The van der Waals surface area contributed by atoms with Crippen LogP contribution in [0.15, 0.2) is 48.5 Å². The molecule has 1 aliphatic heterocycles. The van der Waals surface area contributed by atoms with Crippen LogP contribution < -0.4 is 5.32 Å². The van der Waals surface area contributed by atoms with Crippen molar-refractivity contribution < 1.29 is 24.2 Å². The molecule has 1 aliphatic carbocycles. The normalized spacial score (nSPS) is 16.8. The predicted molar refractivity (Wildman–Crippen MR) is 133 cm³/mol. The molecule has 0 radical (unpaired) electrons. The van der Waals surface area contributed by atoms with Crippen molar-refractivity contribution in [3.05, 3.63) is 59.7 Å². The lowest BCUT2D eigenvalue weighted by atomic mass is 9.85. The number of carbonyl (C=O) groups is 3. The minimum absolute atomic E-state index is 0.0507. The number of aliphatic carboxylic acids is 1. The standard InChI is InChI=1S/C28H34N2O5/c1-28(2,3)25(26(33)30-14-12-18(13-15-30)16-24(31)32)29-27(34)35-17-23-21-10-6-4-8-19(21)20-9-5-7-11-22(20)23/h4-11,18,23,25H,12-17H2,1-3H3,(H,29,34)(H,31,32). The maximum atomic E-state index is 13.3. The van der Waals surface area contributed by atoms with Gasteiger partial charge in [-0.2, -0.15) is 0 Å². The number of rotatable bonds is 6. The number of ether oxygens (including phenoxy) is 1. The molecule has 186 valence electrons. The summed E-state index contributed by atoms with van der Waals surface area (Å²) in [4.78, 5) is 38.9. The summed E-state index contributed by atoms with van der Waals surface area (Å²) in [7, 11) is 0. The SMILES string of the molecule is CC(C)(C)C(NC(=O)OCC1c2ccccc2-c2ccccc21)C(=O)N1CCC(CC(=O)O)CC1. The number of hydrogen-bond donors (Lipinski definition) is 2. The molecule has 1 fully saturated rings. The fourth-order valence-electron chi connectivity index (χ4n) is 5.19. The summed E-state index contributed by atoms with van der Waals surface area (Å²) < 4.78 is 5.68. The molecule has 0 bridgehead atoms. The number of nitrogens with zero attached hydrogens (tertiary/aromatic N) is 1. The van der Waals surface area contributed by atoms with Crippen molar-refractivity contribution in [1.82, 2.24) is 10.2 Å². The second kappa shape index (κ2) is 10.1. The van der Waals surface area contributed by atoms with Crippen LogP contribution >= 0.6 is 0 Å². The van der Waals surface area contributed by atoms with Gasteiger partial charge in [-0.3, -0.25) is 9.59 Å². The van der Waals surface area contributed by atoms with Crippen molar-refractivity contribution in [2.75, 3.05) is 19.7 Å². The van der Waals surface area contributed by atoms with Crippen LogP contribution in [-0.2, 0) is 14.3 Å². The summed E-state index contributed by atoms with van der Waals surface area (Å²) in [5, 5.41) is 11.9. The smallest absolute Gasteiger partial charge is 0.407 e. The maximum absolute atomic E-state index is 13.3. The van der Waals surface area contributed by atoms with Crippen LogP contribution in [0.4, 0.5) is 4.79 Å². The first-order chi connectivity index (χ1) is 16.6. The van der Waals surface area contributed by atoms with Gasteiger partial charge in [0.25, 0.3) is 0 Å². The Morgan fingerprint density at radius 1 is 1.00 bits per heavy atom. The van der Waals surface area contributed by atoms with Crippen molar-refractivity contribution >= 4 is 18.0 Å². The van der Waals surface area contributed by atoms with Gasteiger partial charge in [0.1, 0.15) is 12.6 Å². The monoisotopic (exact) mass is 478 g/mol. The summed E-state index contributed by atoms with van der Waals surface area (Å²) in [6, 6.07) is 15.6. The molecule has 2 N–H and O–H groups in total. The van der Waals surface area contributed by atoms with E-state index >= 15 is 0 Å². The van der Waals surface area contributed by atoms with Crippen LogP contribution in [0.5, 0.6) is 0 Å². The van der Waals surface area contributed by atoms with Crippen molar-refractivity contribution in [2.24, 2.45) is 11.3 Å². The Balaban J connectivity index is 1.39. The molecule has 0 saturated carbocycles. The number of amides is 2. The van der Waals surface area contributed by atoms with Crippen LogP contribution in [0.1, 0.15) is 57.1 Å². The quantitative estimate of drug-likeness (QED) is 0.630. The Bertz CT molecular complexity index is 1050. The number of fused-ring (bicyclic) bond motifs is 3. The van der Waals surface area contributed by atoms with Gasteiger partial charge < -0.3 is 20.1 Å². The second-order valence-electron chi connectivity index (χ2n) is 10.6. The average Bonchev–Trinajstić information content (AvgIpc) is 3.14. The van der Waals surface area contributed by atoms with E-state index in [1.54, 1.807) is 4.90 Å². The molecule has 2 aliphatic rings. The summed E-state index contributed by atoms with van der Waals surface area (Å²) in [6.07, 6.45) is 0.823. The number of nitrogens with one attached hydrogen (secondary N) is 1. The largest absolute Gasteiger partial charge is 0.481 e. The minimum atomic E-state index is -0.806. The van der Waals surface area contributed by atoms with Crippen LogP contribution in [0.25, 0.3) is 11.1 Å². The van der Waals surface area contributed by atoms with E-state index in [9.17, 15) is 14.4 Å². The second-order valence-corrected chi connectivity index (χ2v) is 10.6. The lowest BCUT2D eigenvalue weighted by Crippen LogP contribution is -2.56. The topological polar surface area (TPSA) is 95.9 Å². The van der Waals surface area contributed by atoms with E-state index in [0.717, 1.165) is 22.3 Å². The van der Waals surface area contributed by atoms with E-state index in [2.05, 4.69) is 29.6 Å². The highest BCUT2D eigenvalue weighted by molar-refractivity contribution is 5.86. The number of hydrogen-bond acceptors (Lipinski definition) is 4. The fourth-order valence-corrected chi connectivity index (χ4v) is 5.19. The molecule has 2 aromatic rings. The lowest BCUT2D eigenvalue weighted by Gasteiger charge is -2.38. The van der Waals surface area contributed by atoms with Gasteiger partial charge in [0.2, 0.25) is 5.91 Å². The van der Waals surface area contributed by atoms with E-state index in [1.165, 1.54) is 0 Å². The Hall–Kier alpha value is -3.35. The lowest BCUT2D eigenvalue weighted by molar-refractivity contribution is -0.139. The molecule has 2 aromatic carbocycles. The maximum Gasteiger partial charge on any atom is 0.407 e. The van der Waals surface area contributed by atoms with Gasteiger partial charge in [-0.1, -0.05) is 69.3 Å². The van der Waals surface area contributed by atoms with Gasteiger partial charge in [0, 0.05) is 25.4 Å². The third-order valence-corrected chi connectivity index (χ3v) is 7.11. The van der Waals surface area contributed by atoms with Crippen molar-refractivity contribution in [3.8, 4) is 11.1 Å². The number of carboxylic acids is 1. The molecular weight excluding hydrogens is 444 g/mol. The van der Waals surface area contributed by atoms with Gasteiger partial charge in [-0.25, -0.2) is 4.79 Å². The highest BCUT2D eigenvalue weighted by atomic mass is 16.5. The van der Waals surface area contributed by atoms with Crippen molar-refractivity contribution in [1.29, 1.82) is 0 Å². The fraction of sp³-hybridized carbons (Fsp3) is 0.464. The first-order valence-corrected chi connectivity index (χ1v) is 12.3. The number of likely N-dealkylation sites (tertiary alicyclic amines) is 1. The van der Waals surface area contributed by atoms with Gasteiger partial charge in [0.15, 0.2) is 0 Å². The Morgan fingerprint density at radius 3 is 2.06 bits per heavy atom. The van der Waals surface area contributed by atoms with E-state index < -0.39 is 23.5 Å². The average molecular weight is 479 g/mol. The number of carbonyl (C=O) groups excluding carboxylic acids is 2. The number of piperidine rings is 1. The molecule has 7 heteroatoms. The molecule has 4 rings (SSSR count). The molecule has 0 spiro atoms. The first kappa shape index (κ1) is 24.8. The first-order valence-electron chi connectivity index (χ1n) is 12.3. The zero-order chi connectivity index (χ0) is 25.2. The predicted octanol–water partition coefficient (Wildman–Crippen LogP) is 4.65. The Morgan fingerprint density at radius 2 is 1.54 bits per heavy atom. The third kappa shape index (κ3) is 5.50. The zero-order valence-electron chi connectivity index (χ0n) is 20.6. The van der Waals surface area contributed by atoms with E-state index in [0.29, 0.717) is 25.9 Å². The van der Waals surface area contributed by atoms with Crippen molar-refractivity contribution in [2.45, 2.75) is 52.0 Å². The van der Waals surface area contributed by atoms with Gasteiger partial charge in [-0.15, -0.1) is 0 Å². The minimum Gasteiger partial charge on any atom is -0.481 e. The molecule has 0 aromatic heterocycles. The summed E-state index contributed by atoms with van der Waals surface area (Å²) in [6.45, 7) is 6.92. The summed E-state index contributed by atoms with van der Waals surface area (Å²) in [5.74, 6) is -0.927. The third-order valence-electron chi connectivity index (χ3n) is 7.11. The van der Waals surface area contributed by atoms with E-state index in [-0.39, 0.29) is 30.8 Å². The van der Waals surface area contributed by atoms with Gasteiger partial charge >= 0.3 is 12.1 Å². The Labute approximate surface area is 206 Å². The highest BCUT2D eigenvalue weighted by Gasteiger charge is 2.38. The van der Waals surface area contributed by atoms with Crippen LogP contribution in [0.3, 0.4) is 0 Å². The summed E-state index contributed by atoms with van der Waals surface area (Å²) >= 11 is 0. The van der Waals surface area contributed by atoms with E-state index in [1.807, 2.05) is 45.0 Å². The summed E-state index contributed by atoms with van der Waals surface area (Å²) in [5.41, 5.74) is 4.07. The zero-order valence-corrected chi connectivity index (χ0v) is 20.6. The molecule has 2 amide bonds. The molecule has 7 nitrogen and oxygen atoms in total. The number of carboxylic acid groups (broad SMARTS) is 1. The van der Waals surface area contributed by atoms with Crippen LogP contribution in [0.2, 0.25) is 0 Å². The molecule has 1 unspecified atom stereocenters. The molecule has 1 heterocycles. The van der Waals surface area contributed by atoms with Crippen LogP contribution in [0, 0.1) is 11.3 Å². The van der Waals surface area contributed by atoms with Gasteiger partial charge in [0.05, 0.1) is 0 Å². The molecule has 1 atom stereocenters. The molecular formula is C28H34N2O5. The van der Waals surface area contributed by atoms with E-state index in [4.69, 9.17) is 9.84 Å². The van der Waals surface area contributed by atoms with Crippen LogP contribution in [-0.4, -0.2) is 53.7 Å². The highest BCUT2D eigenvalue weighted by Crippen LogP contribution is 2.44.